The summed E-state index contributed by atoms with van der Waals surface area (Å²) < 4.78 is 6.85. The van der Waals surface area contributed by atoms with Crippen molar-refractivity contribution in [1.82, 2.24) is 9.38 Å². The normalized spacial score (nSPS) is 9.89. The molecular weight excluding hydrogens is 240 g/mol. The quantitative estimate of drug-likeness (QED) is 0.795. The zero-order valence-electron chi connectivity index (χ0n) is 12.1. The number of rotatable bonds is 4. The summed E-state index contributed by atoms with van der Waals surface area (Å²) in [7, 11) is 0. The maximum atomic E-state index is 11.3. The van der Waals surface area contributed by atoms with Crippen molar-refractivity contribution >= 4 is 11.6 Å². The molecule has 0 bridgehead atoms. The number of carbonyl (C=O) groups excluding carboxylic acids is 1. The Labute approximate surface area is 114 Å². The number of aromatic nitrogens is 2. The summed E-state index contributed by atoms with van der Waals surface area (Å²) in [6, 6.07) is 4.02. The Morgan fingerprint density at radius 2 is 2.00 bits per heavy atom. The van der Waals surface area contributed by atoms with Crippen LogP contribution in [0.5, 0.6) is 0 Å². The zero-order chi connectivity index (χ0) is 14.3. The van der Waals surface area contributed by atoms with Crippen LogP contribution in [0, 0.1) is 0 Å². The molecule has 4 nitrogen and oxygen atoms in total. The van der Waals surface area contributed by atoms with E-state index < -0.39 is 0 Å². The van der Waals surface area contributed by atoms with Crippen LogP contribution < -0.4 is 0 Å². The van der Waals surface area contributed by atoms with Crippen molar-refractivity contribution in [2.45, 2.75) is 40.5 Å². The minimum absolute atomic E-state index is 0.230. The Hall–Kier alpha value is -1.84. The van der Waals surface area contributed by atoms with Crippen molar-refractivity contribution in [1.29, 1.82) is 0 Å². The Morgan fingerprint density at radius 1 is 1.26 bits per heavy atom. The fraction of sp³-hybridized carbons (Fsp3) is 0.467. The molecule has 0 aliphatic rings. The average molecular weight is 262 g/mol. The average Bonchev–Trinajstić information content (AvgIpc) is 2.82. The molecule has 2 aromatic heterocycles. The van der Waals surface area contributed by atoms with Crippen molar-refractivity contribution in [3.05, 3.63) is 35.8 Å². The van der Waals surface area contributed by atoms with Crippen LogP contribution in [0.1, 0.15) is 39.0 Å². The van der Waals surface area contributed by atoms with E-state index in [1.54, 1.807) is 6.92 Å². The number of carbonyl (C=O) groups is 1. The second-order valence-electron chi connectivity index (χ2n) is 3.87. The maximum absolute atomic E-state index is 11.3. The smallest absolute Gasteiger partial charge is 0.311 e. The summed E-state index contributed by atoms with van der Waals surface area (Å²) in [6.07, 6.45) is 5.14. The van der Waals surface area contributed by atoms with Crippen molar-refractivity contribution in [2.24, 2.45) is 0 Å². The van der Waals surface area contributed by atoms with Crippen LogP contribution in [-0.4, -0.2) is 22.0 Å². The molecule has 104 valence electrons. The SMILES string of the molecule is CC.CCOC(=O)Cc1cn2cc(CC)ccc2n1. The summed E-state index contributed by atoms with van der Waals surface area (Å²) in [5.41, 5.74) is 2.86. The standard InChI is InChI=1S/C13H16N2O2.C2H6/c1-3-10-5-6-12-14-11(9-15(12)8-10)7-13(16)17-4-2;1-2/h5-6,8-9H,3-4,7H2,1-2H3;1-2H3. The van der Waals surface area contributed by atoms with Gasteiger partial charge in [0, 0.05) is 12.4 Å². The maximum Gasteiger partial charge on any atom is 0.311 e. The van der Waals surface area contributed by atoms with Crippen LogP contribution in [0.4, 0.5) is 0 Å². The lowest BCUT2D eigenvalue weighted by molar-refractivity contribution is -0.142. The highest BCUT2D eigenvalue weighted by atomic mass is 16.5. The Balaban J connectivity index is 0.000000861. The molecule has 0 radical (unpaired) electrons. The third kappa shape index (κ3) is 4.09. The summed E-state index contributed by atoms with van der Waals surface area (Å²) in [5.74, 6) is -0.230. The van der Waals surface area contributed by atoms with E-state index in [1.165, 1.54) is 5.56 Å². The van der Waals surface area contributed by atoms with Gasteiger partial charge in [-0.15, -0.1) is 0 Å². The summed E-state index contributed by atoms with van der Waals surface area (Å²) in [4.78, 5) is 15.7. The molecule has 0 saturated carbocycles. The van der Waals surface area contributed by atoms with E-state index in [-0.39, 0.29) is 12.4 Å². The molecule has 0 aliphatic heterocycles. The van der Waals surface area contributed by atoms with Crippen LogP contribution in [-0.2, 0) is 22.4 Å². The summed E-state index contributed by atoms with van der Waals surface area (Å²) in [6.45, 7) is 8.32. The van der Waals surface area contributed by atoms with E-state index in [0.717, 1.165) is 17.8 Å². The van der Waals surface area contributed by atoms with Gasteiger partial charge in [0.05, 0.1) is 18.7 Å². The lowest BCUT2D eigenvalue weighted by Crippen LogP contribution is -2.07. The first-order valence-corrected chi connectivity index (χ1v) is 6.85. The van der Waals surface area contributed by atoms with Gasteiger partial charge in [-0.2, -0.15) is 0 Å². The van der Waals surface area contributed by atoms with Crippen molar-refractivity contribution in [3.63, 3.8) is 0 Å². The van der Waals surface area contributed by atoms with Gasteiger partial charge in [0.1, 0.15) is 5.65 Å². The lowest BCUT2D eigenvalue weighted by atomic mass is 10.2. The van der Waals surface area contributed by atoms with E-state index in [9.17, 15) is 4.79 Å². The van der Waals surface area contributed by atoms with E-state index in [1.807, 2.05) is 36.7 Å². The molecule has 0 amide bonds. The number of pyridine rings is 1. The summed E-state index contributed by atoms with van der Waals surface area (Å²) >= 11 is 0. The Kier molecular flexibility index (Phi) is 6.06. The number of aryl methyl sites for hydroxylation is 1. The fourth-order valence-corrected chi connectivity index (χ4v) is 1.74. The Morgan fingerprint density at radius 3 is 2.63 bits per heavy atom. The predicted octanol–water partition coefficient (Wildman–Crippen LogP) is 3.03. The number of fused-ring (bicyclic) bond motifs is 1. The number of hydrogen-bond acceptors (Lipinski definition) is 3. The lowest BCUT2D eigenvalue weighted by Gasteiger charge is -1.97. The molecule has 0 atom stereocenters. The summed E-state index contributed by atoms with van der Waals surface area (Å²) in [5, 5.41) is 0. The fourth-order valence-electron chi connectivity index (χ4n) is 1.74. The van der Waals surface area contributed by atoms with Gasteiger partial charge in [-0.25, -0.2) is 4.98 Å². The minimum atomic E-state index is -0.230. The number of imidazole rings is 1. The number of hydrogen-bond donors (Lipinski definition) is 0. The van der Waals surface area contributed by atoms with E-state index in [0.29, 0.717) is 6.61 Å². The molecule has 0 saturated heterocycles. The van der Waals surface area contributed by atoms with Gasteiger partial charge >= 0.3 is 5.97 Å². The molecule has 0 unspecified atom stereocenters. The van der Waals surface area contributed by atoms with Crippen LogP contribution in [0.15, 0.2) is 24.5 Å². The molecule has 0 N–H and O–H groups in total. The van der Waals surface area contributed by atoms with Crippen LogP contribution in [0.3, 0.4) is 0 Å². The number of esters is 1. The number of ether oxygens (including phenoxy) is 1. The molecule has 4 heteroatoms. The van der Waals surface area contributed by atoms with Gasteiger partial charge < -0.3 is 9.14 Å². The second kappa shape index (κ2) is 7.56. The van der Waals surface area contributed by atoms with Crippen LogP contribution in [0.25, 0.3) is 5.65 Å². The Bertz CT molecular complexity index is 532. The molecule has 0 aliphatic carbocycles. The third-order valence-electron chi connectivity index (χ3n) is 2.60. The van der Waals surface area contributed by atoms with Crippen molar-refractivity contribution in [3.8, 4) is 0 Å². The first-order chi connectivity index (χ1) is 9.22. The van der Waals surface area contributed by atoms with E-state index in [2.05, 4.69) is 18.0 Å². The minimum Gasteiger partial charge on any atom is -0.466 e. The van der Waals surface area contributed by atoms with E-state index in [4.69, 9.17) is 4.74 Å². The largest absolute Gasteiger partial charge is 0.466 e. The molecule has 2 heterocycles. The van der Waals surface area contributed by atoms with Gasteiger partial charge in [-0.3, -0.25) is 4.79 Å². The molecule has 0 fully saturated rings. The first-order valence-electron chi connectivity index (χ1n) is 6.85. The predicted molar refractivity (Wildman–Crippen MR) is 76.3 cm³/mol. The monoisotopic (exact) mass is 262 g/mol. The van der Waals surface area contributed by atoms with Gasteiger partial charge in [-0.1, -0.05) is 26.8 Å². The van der Waals surface area contributed by atoms with E-state index >= 15 is 0 Å². The van der Waals surface area contributed by atoms with Crippen molar-refractivity contribution in [2.75, 3.05) is 6.61 Å². The van der Waals surface area contributed by atoms with Crippen molar-refractivity contribution < 1.29 is 9.53 Å². The van der Waals surface area contributed by atoms with Crippen LogP contribution in [0.2, 0.25) is 0 Å². The molecule has 19 heavy (non-hydrogen) atoms. The topological polar surface area (TPSA) is 43.6 Å². The molecule has 0 aromatic carbocycles. The zero-order valence-corrected chi connectivity index (χ0v) is 12.1. The highest BCUT2D eigenvalue weighted by Gasteiger charge is 2.08. The van der Waals surface area contributed by atoms with Gasteiger partial charge in [0.25, 0.3) is 0 Å². The molecule has 2 aromatic rings. The molecule has 0 spiro atoms. The highest BCUT2D eigenvalue weighted by Crippen LogP contribution is 2.09. The molecule has 2 rings (SSSR count). The third-order valence-corrected chi connectivity index (χ3v) is 2.60. The van der Waals surface area contributed by atoms with Gasteiger partial charge in [-0.05, 0) is 25.0 Å². The number of nitrogens with zero attached hydrogens (tertiary/aromatic N) is 2. The van der Waals surface area contributed by atoms with Gasteiger partial charge in [0.15, 0.2) is 0 Å². The second-order valence-corrected chi connectivity index (χ2v) is 3.87. The molecular formula is C15H22N2O2. The first kappa shape index (κ1) is 15.2. The van der Waals surface area contributed by atoms with Gasteiger partial charge in [0.2, 0.25) is 0 Å². The highest BCUT2D eigenvalue weighted by molar-refractivity contribution is 5.72. The van der Waals surface area contributed by atoms with Crippen LogP contribution >= 0.6 is 0 Å².